The van der Waals surface area contributed by atoms with Gasteiger partial charge < -0.3 is 19.1 Å². The molecular formula is C22H31NO7. The van der Waals surface area contributed by atoms with Crippen molar-refractivity contribution in [2.45, 2.75) is 52.5 Å². The smallest absolute Gasteiger partial charge is 0.328 e. The van der Waals surface area contributed by atoms with Crippen LogP contribution in [0.1, 0.15) is 56.8 Å². The van der Waals surface area contributed by atoms with Crippen LogP contribution >= 0.6 is 0 Å². The molecule has 0 saturated heterocycles. The van der Waals surface area contributed by atoms with Crippen molar-refractivity contribution in [3.05, 3.63) is 35.9 Å². The molecule has 0 bridgehead atoms. The van der Waals surface area contributed by atoms with Crippen LogP contribution in [-0.4, -0.2) is 61.1 Å². The summed E-state index contributed by atoms with van der Waals surface area (Å²) in [6.07, 6.45) is 0.454. The lowest BCUT2D eigenvalue weighted by Gasteiger charge is -2.30. The van der Waals surface area contributed by atoms with Gasteiger partial charge in [0.2, 0.25) is 0 Å². The molecule has 30 heavy (non-hydrogen) atoms. The third kappa shape index (κ3) is 8.63. The van der Waals surface area contributed by atoms with E-state index in [9.17, 15) is 19.2 Å². The second-order valence-corrected chi connectivity index (χ2v) is 6.38. The minimum absolute atomic E-state index is 0.0340. The Morgan fingerprint density at radius 2 is 1.40 bits per heavy atom. The standard InChI is InChI=1S/C22H31NO7/c1-4-28-19(24)13-10-16-23(21(26)17-11-8-7-9-12-17)18(22(27)30-6-3)14-15-20(25)29-5-2/h7-9,11-12,18H,4-6,10,13-16H2,1-3H3/t18-/m0/s1. The number of amides is 1. The number of nitrogens with zero attached hydrogens (tertiary/aromatic N) is 1. The number of ether oxygens (including phenoxy) is 3. The quantitative estimate of drug-likeness (QED) is 0.357. The van der Waals surface area contributed by atoms with Gasteiger partial charge in [-0.05, 0) is 45.7 Å². The third-order valence-corrected chi connectivity index (χ3v) is 4.23. The number of hydrogen-bond donors (Lipinski definition) is 0. The van der Waals surface area contributed by atoms with Crippen LogP contribution < -0.4 is 0 Å². The fourth-order valence-electron chi connectivity index (χ4n) is 2.90. The summed E-state index contributed by atoms with van der Waals surface area (Å²) < 4.78 is 15.0. The van der Waals surface area contributed by atoms with Gasteiger partial charge in [-0.3, -0.25) is 14.4 Å². The molecule has 0 aromatic heterocycles. The Bertz CT molecular complexity index is 690. The number of carbonyl (C=O) groups is 4. The van der Waals surface area contributed by atoms with E-state index < -0.39 is 18.0 Å². The maximum atomic E-state index is 13.2. The summed E-state index contributed by atoms with van der Waals surface area (Å²) in [5, 5.41) is 0. The molecule has 0 saturated carbocycles. The average Bonchev–Trinajstić information content (AvgIpc) is 2.73. The first-order valence-corrected chi connectivity index (χ1v) is 10.3. The lowest BCUT2D eigenvalue weighted by Crippen LogP contribution is -2.47. The van der Waals surface area contributed by atoms with Crippen LogP contribution in [0, 0.1) is 0 Å². The molecule has 166 valence electrons. The number of hydrogen-bond acceptors (Lipinski definition) is 7. The molecule has 1 atom stereocenters. The van der Waals surface area contributed by atoms with Crippen LogP contribution in [-0.2, 0) is 28.6 Å². The Morgan fingerprint density at radius 3 is 1.97 bits per heavy atom. The van der Waals surface area contributed by atoms with E-state index in [0.29, 0.717) is 12.0 Å². The maximum Gasteiger partial charge on any atom is 0.328 e. The SMILES string of the molecule is CCOC(=O)CCCN(C(=O)c1ccccc1)[C@@H](CCC(=O)OCC)C(=O)OCC. The van der Waals surface area contributed by atoms with Crippen LogP contribution in [0.4, 0.5) is 0 Å². The molecule has 0 spiro atoms. The number of carbonyl (C=O) groups excluding carboxylic acids is 4. The molecule has 8 nitrogen and oxygen atoms in total. The van der Waals surface area contributed by atoms with Crippen molar-refractivity contribution in [1.29, 1.82) is 0 Å². The predicted molar refractivity (Wildman–Crippen MR) is 110 cm³/mol. The Morgan fingerprint density at radius 1 is 0.833 bits per heavy atom. The van der Waals surface area contributed by atoms with E-state index in [0.717, 1.165) is 0 Å². The van der Waals surface area contributed by atoms with Crippen molar-refractivity contribution in [2.24, 2.45) is 0 Å². The van der Waals surface area contributed by atoms with E-state index in [2.05, 4.69) is 0 Å². The minimum Gasteiger partial charge on any atom is -0.466 e. The minimum atomic E-state index is -0.968. The highest BCUT2D eigenvalue weighted by molar-refractivity contribution is 5.97. The van der Waals surface area contributed by atoms with E-state index in [-0.39, 0.29) is 57.5 Å². The van der Waals surface area contributed by atoms with Crippen LogP contribution in [0.5, 0.6) is 0 Å². The predicted octanol–water partition coefficient (Wildman–Crippen LogP) is 2.75. The largest absolute Gasteiger partial charge is 0.466 e. The molecule has 0 radical (unpaired) electrons. The second-order valence-electron chi connectivity index (χ2n) is 6.38. The van der Waals surface area contributed by atoms with Crippen molar-refractivity contribution < 1.29 is 33.4 Å². The Labute approximate surface area is 177 Å². The van der Waals surface area contributed by atoms with E-state index in [1.165, 1.54) is 4.90 Å². The molecule has 1 aromatic carbocycles. The lowest BCUT2D eigenvalue weighted by atomic mass is 10.1. The number of esters is 3. The fraction of sp³-hybridized carbons (Fsp3) is 0.545. The van der Waals surface area contributed by atoms with Gasteiger partial charge in [-0.1, -0.05) is 18.2 Å². The first-order valence-electron chi connectivity index (χ1n) is 10.3. The molecule has 0 unspecified atom stereocenters. The molecule has 0 N–H and O–H groups in total. The summed E-state index contributed by atoms with van der Waals surface area (Å²) in [7, 11) is 0. The lowest BCUT2D eigenvalue weighted by molar-refractivity contribution is -0.150. The molecule has 0 fully saturated rings. The zero-order valence-corrected chi connectivity index (χ0v) is 17.9. The van der Waals surface area contributed by atoms with Crippen molar-refractivity contribution >= 4 is 23.8 Å². The summed E-state index contributed by atoms with van der Waals surface area (Å²) >= 11 is 0. The second kappa shape index (κ2) is 14.1. The van der Waals surface area contributed by atoms with Crippen molar-refractivity contribution in [3.8, 4) is 0 Å². The number of benzene rings is 1. The van der Waals surface area contributed by atoms with E-state index in [4.69, 9.17) is 14.2 Å². The highest BCUT2D eigenvalue weighted by atomic mass is 16.5. The molecule has 1 rings (SSSR count). The topological polar surface area (TPSA) is 99.2 Å². The summed E-state index contributed by atoms with van der Waals surface area (Å²) in [5.74, 6) is -1.79. The average molecular weight is 421 g/mol. The van der Waals surface area contributed by atoms with Gasteiger partial charge in [0, 0.05) is 24.9 Å². The normalized spacial score (nSPS) is 11.3. The fourth-order valence-corrected chi connectivity index (χ4v) is 2.90. The maximum absolute atomic E-state index is 13.2. The zero-order chi connectivity index (χ0) is 22.4. The molecule has 1 aromatic rings. The molecule has 0 aliphatic heterocycles. The van der Waals surface area contributed by atoms with Gasteiger partial charge in [-0.2, -0.15) is 0 Å². The highest BCUT2D eigenvalue weighted by Gasteiger charge is 2.32. The van der Waals surface area contributed by atoms with Crippen molar-refractivity contribution in [3.63, 3.8) is 0 Å². The van der Waals surface area contributed by atoms with E-state index >= 15 is 0 Å². The molecule has 1 amide bonds. The summed E-state index contributed by atoms with van der Waals surface area (Å²) in [4.78, 5) is 50.7. The molecule has 0 heterocycles. The molecule has 8 heteroatoms. The first-order chi connectivity index (χ1) is 14.4. The summed E-state index contributed by atoms with van der Waals surface area (Å²) in [6.45, 7) is 5.87. The highest BCUT2D eigenvalue weighted by Crippen LogP contribution is 2.16. The monoisotopic (exact) mass is 421 g/mol. The van der Waals surface area contributed by atoms with Gasteiger partial charge in [0.1, 0.15) is 6.04 Å². The Balaban J connectivity index is 3.05. The Hall–Kier alpha value is -2.90. The van der Waals surface area contributed by atoms with Gasteiger partial charge in [-0.15, -0.1) is 0 Å². The van der Waals surface area contributed by atoms with Gasteiger partial charge >= 0.3 is 17.9 Å². The van der Waals surface area contributed by atoms with Gasteiger partial charge in [0.05, 0.1) is 19.8 Å². The van der Waals surface area contributed by atoms with Gasteiger partial charge in [-0.25, -0.2) is 4.79 Å². The van der Waals surface area contributed by atoms with Crippen LogP contribution in [0.15, 0.2) is 30.3 Å². The van der Waals surface area contributed by atoms with Gasteiger partial charge in [0.15, 0.2) is 0 Å². The summed E-state index contributed by atoms with van der Waals surface area (Å²) in [6, 6.07) is 7.56. The van der Waals surface area contributed by atoms with Crippen LogP contribution in [0.2, 0.25) is 0 Å². The third-order valence-electron chi connectivity index (χ3n) is 4.23. The molecular weight excluding hydrogens is 390 g/mol. The van der Waals surface area contributed by atoms with Gasteiger partial charge in [0.25, 0.3) is 5.91 Å². The number of rotatable bonds is 13. The van der Waals surface area contributed by atoms with Crippen molar-refractivity contribution in [1.82, 2.24) is 4.90 Å². The summed E-state index contributed by atoms with van der Waals surface area (Å²) in [5.41, 5.74) is 0.402. The Kier molecular flexibility index (Phi) is 11.8. The zero-order valence-electron chi connectivity index (χ0n) is 17.9. The van der Waals surface area contributed by atoms with E-state index in [1.54, 1.807) is 51.1 Å². The van der Waals surface area contributed by atoms with Crippen LogP contribution in [0.25, 0.3) is 0 Å². The van der Waals surface area contributed by atoms with E-state index in [1.807, 2.05) is 0 Å². The van der Waals surface area contributed by atoms with Crippen LogP contribution in [0.3, 0.4) is 0 Å². The molecule has 0 aliphatic rings. The first kappa shape index (κ1) is 25.1. The van der Waals surface area contributed by atoms with Crippen molar-refractivity contribution in [2.75, 3.05) is 26.4 Å². The molecule has 0 aliphatic carbocycles.